The largest absolute Gasteiger partial charge is 0.422 e. The monoisotopic (exact) mass is 204 g/mol. The number of rotatable bonds is 1. The first-order valence-corrected chi connectivity index (χ1v) is 3.97. The molecule has 0 aromatic rings. The maximum Gasteiger partial charge on any atom is 0.332 e. The van der Waals surface area contributed by atoms with Gasteiger partial charge in [-0.05, 0) is 0 Å². The van der Waals surface area contributed by atoms with E-state index >= 15 is 0 Å². The van der Waals surface area contributed by atoms with Crippen LogP contribution in [0.3, 0.4) is 0 Å². The molecule has 0 bridgehead atoms. The van der Waals surface area contributed by atoms with E-state index in [-0.39, 0.29) is 0 Å². The molecule has 0 atom stereocenters. The zero-order valence-corrected chi connectivity index (χ0v) is 7.96. The molecule has 0 amide bonds. The lowest BCUT2D eigenvalue weighted by Gasteiger charge is -2.31. The van der Waals surface area contributed by atoms with Gasteiger partial charge in [-0.15, -0.1) is 12.6 Å². The molecule has 72 valence electrons. The molecule has 0 aromatic carbocycles. The Hall–Kier alpha value is -1.04. The fourth-order valence-electron chi connectivity index (χ4n) is 0.921. The van der Waals surface area contributed by atoms with E-state index in [9.17, 15) is 14.4 Å². The molecule has 1 fully saturated rings. The molecule has 1 rings (SSSR count). The van der Waals surface area contributed by atoms with Crippen molar-refractivity contribution < 1.29 is 23.9 Å². The summed E-state index contributed by atoms with van der Waals surface area (Å²) >= 11 is 3.38. The summed E-state index contributed by atoms with van der Waals surface area (Å²) in [6.45, 7) is 2.81. The van der Waals surface area contributed by atoms with Gasteiger partial charge in [-0.3, -0.25) is 14.4 Å². The van der Waals surface area contributed by atoms with Crippen LogP contribution < -0.4 is 0 Å². The molecule has 0 spiro atoms. The smallest absolute Gasteiger partial charge is 0.332 e. The molecule has 0 N–H and O–H groups in total. The maximum atomic E-state index is 11.1. The van der Waals surface area contributed by atoms with Crippen molar-refractivity contribution in [2.45, 2.75) is 19.6 Å². The highest BCUT2D eigenvalue weighted by atomic mass is 32.1. The average molecular weight is 204 g/mol. The Balaban J connectivity index is 2.89. The van der Waals surface area contributed by atoms with Gasteiger partial charge in [0.1, 0.15) is 0 Å². The average Bonchev–Trinajstić information content (AvgIpc) is 1.78. The minimum atomic E-state index is -1.55. The van der Waals surface area contributed by atoms with Crippen molar-refractivity contribution in [1.29, 1.82) is 0 Å². The topological polar surface area (TPSA) is 69.7 Å². The second kappa shape index (κ2) is 3.02. The number of esters is 2. The van der Waals surface area contributed by atoms with Crippen LogP contribution in [0.1, 0.15) is 13.8 Å². The molecular weight excluding hydrogens is 196 g/mol. The second-order valence-corrected chi connectivity index (χ2v) is 3.45. The van der Waals surface area contributed by atoms with Crippen LogP contribution in [0.2, 0.25) is 0 Å². The van der Waals surface area contributed by atoms with Gasteiger partial charge in [0.25, 0.3) is 5.79 Å². The highest BCUT2D eigenvalue weighted by Crippen LogP contribution is 2.23. The summed E-state index contributed by atoms with van der Waals surface area (Å²) in [6.07, 6.45) is 0. The van der Waals surface area contributed by atoms with E-state index in [0.717, 1.165) is 0 Å². The van der Waals surface area contributed by atoms with Crippen molar-refractivity contribution in [2.75, 3.05) is 0 Å². The maximum absolute atomic E-state index is 11.1. The van der Waals surface area contributed by atoms with Gasteiger partial charge in [0.15, 0.2) is 0 Å². The predicted octanol–water partition coefficient (Wildman–Crippen LogP) is -0.105. The molecule has 5 nitrogen and oxygen atoms in total. The third-order valence-electron chi connectivity index (χ3n) is 1.41. The third kappa shape index (κ3) is 2.00. The van der Waals surface area contributed by atoms with Gasteiger partial charge in [0.2, 0.25) is 11.0 Å². The van der Waals surface area contributed by atoms with Crippen LogP contribution in [-0.2, 0) is 23.9 Å². The molecule has 13 heavy (non-hydrogen) atoms. The van der Waals surface area contributed by atoms with E-state index < -0.39 is 28.8 Å². The number of carbonyl (C=O) groups is 3. The van der Waals surface area contributed by atoms with Crippen molar-refractivity contribution in [1.82, 2.24) is 0 Å². The van der Waals surface area contributed by atoms with Crippen molar-refractivity contribution in [3.8, 4) is 0 Å². The lowest BCUT2D eigenvalue weighted by atomic mass is 10.1. The summed E-state index contributed by atoms with van der Waals surface area (Å²) in [5.41, 5.74) is 0. The fourth-order valence-corrected chi connectivity index (χ4v) is 1.13. The summed E-state index contributed by atoms with van der Waals surface area (Å²) in [4.78, 5) is 32.8. The number of ether oxygens (including phenoxy) is 2. The van der Waals surface area contributed by atoms with E-state index in [1.54, 1.807) is 0 Å². The van der Waals surface area contributed by atoms with Gasteiger partial charge in [0, 0.05) is 13.8 Å². The van der Waals surface area contributed by atoms with Crippen molar-refractivity contribution in [3.05, 3.63) is 0 Å². The van der Waals surface area contributed by atoms with Gasteiger partial charge in [-0.2, -0.15) is 0 Å². The van der Waals surface area contributed by atoms with Gasteiger partial charge in [-0.1, -0.05) is 0 Å². The van der Waals surface area contributed by atoms with E-state index in [1.165, 1.54) is 13.8 Å². The Morgan fingerprint density at radius 3 is 2.00 bits per heavy atom. The molecule has 1 heterocycles. The number of carbonyl (C=O) groups excluding carboxylic acids is 3. The molecular formula is C7H8O5S. The minimum Gasteiger partial charge on any atom is -0.422 e. The van der Waals surface area contributed by atoms with Crippen LogP contribution in [0.4, 0.5) is 0 Å². The van der Waals surface area contributed by atoms with Crippen molar-refractivity contribution in [3.63, 3.8) is 0 Å². The van der Waals surface area contributed by atoms with Crippen molar-refractivity contribution >= 4 is 29.7 Å². The third-order valence-corrected chi connectivity index (χ3v) is 1.67. The molecule has 1 aliphatic rings. The highest BCUT2D eigenvalue weighted by molar-refractivity contribution is 7.96. The SMILES string of the molecule is CC1(C)OC(=O)C(C(=O)S)C(=O)O1. The number of cyclic esters (lactones) is 2. The Morgan fingerprint density at radius 2 is 1.69 bits per heavy atom. The van der Waals surface area contributed by atoms with Crippen LogP contribution in [0.5, 0.6) is 0 Å². The molecule has 0 saturated carbocycles. The lowest BCUT2D eigenvalue weighted by Crippen LogP contribution is -2.48. The fraction of sp³-hybridized carbons (Fsp3) is 0.571. The van der Waals surface area contributed by atoms with Gasteiger partial charge >= 0.3 is 11.9 Å². The minimum absolute atomic E-state index is 0.870. The van der Waals surface area contributed by atoms with Gasteiger partial charge < -0.3 is 9.47 Å². The van der Waals surface area contributed by atoms with Crippen molar-refractivity contribution in [2.24, 2.45) is 5.92 Å². The van der Waals surface area contributed by atoms with Crippen LogP contribution in [0.15, 0.2) is 0 Å². The van der Waals surface area contributed by atoms with Gasteiger partial charge in [0.05, 0.1) is 0 Å². The zero-order valence-electron chi connectivity index (χ0n) is 7.07. The van der Waals surface area contributed by atoms with E-state index in [4.69, 9.17) is 0 Å². The Bertz CT molecular complexity index is 263. The van der Waals surface area contributed by atoms with E-state index in [0.29, 0.717) is 0 Å². The van der Waals surface area contributed by atoms with Crippen LogP contribution in [0.25, 0.3) is 0 Å². The molecule has 0 unspecified atom stereocenters. The number of thiol groups is 1. The van der Waals surface area contributed by atoms with Crippen LogP contribution in [0, 0.1) is 5.92 Å². The Morgan fingerprint density at radius 1 is 1.31 bits per heavy atom. The van der Waals surface area contributed by atoms with E-state index in [2.05, 4.69) is 22.1 Å². The standard InChI is InChI=1S/C7H8O5S/c1-7(2)11-4(8)3(6(10)13)5(9)12-7/h3H,1-2H3,(H,10,13). The Labute approximate surface area is 79.8 Å². The van der Waals surface area contributed by atoms with E-state index in [1.807, 2.05) is 0 Å². The molecule has 6 heteroatoms. The molecule has 0 radical (unpaired) electrons. The summed E-state index contributed by atoms with van der Waals surface area (Å²) in [5, 5.41) is -0.870. The normalized spacial score (nSPS) is 22.1. The predicted molar refractivity (Wildman–Crippen MR) is 43.7 cm³/mol. The first kappa shape index (κ1) is 10.0. The zero-order chi connectivity index (χ0) is 10.2. The summed E-state index contributed by atoms with van der Waals surface area (Å²) in [7, 11) is 0. The van der Waals surface area contributed by atoms with Crippen LogP contribution in [-0.4, -0.2) is 22.8 Å². The number of hydrogen-bond acceptors (Lipinski definition) is 5. The highest BCUT2D eigenvalue weighted by Gasteiger charge is 2.46. The molecule has 1 saturated heterocycles. The lowest BCUT2D eigenvalue weighted by molar-refractivity contribution is -0.237. The summed E-state index contributed by atoms with van der Waals surface area (Å²) < 4.78 is 9.33. The number of hydrogen-bond donors (Lipinski definition) is 1. The molecule has 1 aliphatic heterocycles. The van der Waals surface area contributed by atoms with Gasteiger partial charge in [-0.25, -0.2) is 0 Å². The first-order valence-electron chi connectivity index (χ1n) is 3.52. The first-order chi connectivity index (χ1) is 5.83. The summed E-state index contributed by atoms with van der Waals surface area (Å²) in [6, 6.07) is 0. The quantitative estimate of drug-likeness (QED) is 0.367. The van der Waals surface area contributed by atoms with Crippen LogP contribution >= 0.6 is 12.6 Å². The second-order valence-electron chi connectivity index (χ2n) is 3.01. The molecule has 0 aromatic heterocycles. The Kier molecular flexibility index (Phi) is 2.34. The summed E-state index contributed by atoms with van der Waals surface area (Å²) in [5.74, 6) is -4.67. The molecule has 0 aliphatic carbocycles.